The van der Waals surface area contributed by atoms with E-state index in [-0.39, 0.29) is 17.9 Å². The van der Waals surface area contributed by atoms with Gasteiger partial charge in [0.1, 0.15) is 12.4 Å². The van der Waals surface area contributed by atoms with Gasteiger partial charge in [-0.3, -0.25) is 9.59 Å². The number of carbonyl (C=O) groups excluding carboxylic acids is 2. The first-order valence-electron chi connectivity index (χ1n) is 9.62. The number of hydrogen-bond acceptors (Lipinski definition) is 5. The largest absolute Gasteiger partial charge is 0.489 e. The lowest BCUT2D eigenvalue weighted by Crippen LogP contribution is -2.44. The molecule has 1 aromatic rings. The van der Waals surface area contributed by atoms with Crippen LogP contribution in [0.3, 0.4) is 0 Å². The number of amides is 2. The van der Waals surface area contributed by atoms with Crippen LogP contribution < -0.4 is 9.64 Å². The third-order valence-electron chi connectivity index (χ3n) is 5.21. The molecular formula is C21H29N3O4. The Morgan fingerprint density at radius 1 is 1.29 bits per heavy atom. The number of likely N-dealkylation sites (N-methyl/N-ethyl adjacent to an activating group) is 2. The van der Waals surface area contributed by atoms with E-state index in [0.717, 1.165) is 17.0 Å². The number of rotatable bonds is 5. The van der Waals surface area contributed by atoms with Crippen LogP contribution in [0.15, 0.2) is 30.4 Å². The van der Waals surface area contributed by atoms with Crippen LogP contribution in [0, 0.1) is 0 Å². The number of fused-ring (bicyclic) bond motifs is 1. The molecule has 1 atom stereocenters. The molecule has 0 saturated carbocycles. The van der Waals surface area contributed by atoms with E-state index in [1.54, 1.807) is 18.0 Å². The first-order chi connectivity index (χ1) is 13.4. The molecule has 1 fully saturated rings. The molecular weight excluding hydrogens is 358 g/mol. The summed E-state index contributed by atoms with van der Waals surface area (Å²) < 4.78 is 11.2. The Morgan fingerprint density at radius 2 is 2.00 bits per heavy atom. The fourth-order valence-corrected chi connectivity index (χ4v) is 3.54. The summed E-state index contributed by atoms with van der Waals surface area (Å²) in [7, 11) is 3.73. The summed E-state index contributed by atoms with van der Waals surface area (Å²) in [5, 5.41) is 0. The molecule has 7 heteroatoms. The highest BCUT2D eigenvalue weighted by molar-refractivity contribution is 5.96. The highest BCUT2D eigenvalue weighted by atomic mass is 16.5. The molecule has 0 aliphatic carbocycles. The monoisotopic (exact) mass is 387 g/mol. The number of hydrogen-bond donors (Lipinski definition) is 0. The molecule has 0 radical (unpaired) electrons. The Hall–Kier alpha value is -2.54. The summed E-state index contributed by atoms with van der Waals surface area (Å²) in [5.74, 6) is 0.784. The average molecular weight is 387 g/mol. The van der Waals surface area contributed by atoms with Gasteiger partial charge in [-0.1, -0.05) is 12.2 Å². The second-order valence-electron chi connectivity index (χ2n) is 7.57. The first-order valence-corrected chi connectivity index (χ1v) is 9.62. The van der Waals surface area contributed by atoms with E-state index in [1.807, 2.05) is 35.9 Å². The second kappa shape index (κ2) is 8.65. The van der Waals surface area contributed by atoms with Gasteiger partial charge in [-0.2, -0.15) is 0 Å². The lowest BCUT2D eigenvalue weighted by atomic mass is 10.1. The van der Waals surface area contributed by atoms with Crippen molar-refractivity contribution in [3.8, 4) is 5.75 Å². The summed E-state index contributed by atoms with van der Waals surface area (Å²) in [5.41, 5.74) is 2.41. The predicted octanol–water partition coefficient (Wildman–Crippen LogP) is 1.78. The maximum Gasteiger partial charge on any atom is 0.254 e. The number of benzene rings is 1. The SMILES string of the molecule is C=C(C)CN(C)C(=O)CC1COc2ccc(C(=O)N3CCOCC3)cc2N1C. The van der Waals surface area contributed by atoms with Crippen molar-refractivity contribution < 1.29 is 19.1 Å². The molecule has 0 N–H and O–H groups in total. The minimum absolute atomic E-state index is 0.00103. The third-order valence-corrected chi connectivity index (χ3v) is 5.21. The van der Waals surface area contributed by atoms with Gasteiger partial charge in [-0.15, -0.1) is 0 Å². The zero-order valence-corrected chi connectivity index (χ0v) is 16.9. The Labute approximate surface area is 166 Å². The number of nitrogens with zero attached hydrogens (tertiary/aromatic N) is 3. The van der Waals surface area contributed by atoms with E-state index in [2.05, 4.69) is 6.58 Å². The molecule has 0 spiro atoms. The number of carbonyl (C=O) groups is 2. The van der Waals surface area contributed by atoms with Crippen molar-refractivity contribution in [3.05, 3.63) is 35.9 Å². The van der Waals surface area contributed by atoms with Crippen LogP contribution in [0.25, 0.3) is 0 Å². The van der Waals surface area contributed by atoms with Crippen LogP contribution in [0.2, 0.25) is 0 Å². The van der Waals surface area contributed by atoms with E-state index in [9.17, 15) is 9.59 Å². The maximum absolute atomic E-state index is 12.8. The molecule has 7 nitrogen and oxygen atoms in total. The molecule has 2 amide bonds. The van der Waals surface area contributed by atoms with E-state index in [4.69, 9.17) is 9.47 Å². The zero-order valence-electron chi connectivity index (χ0n) is 16.9. The molecule has 2 aliphatic heterocycles. The van der Waals surface area contributed by atoms with E-state index in [1.165, 1.54) is 0 Å². The molecule has 0 bridgehead atoms. The minimum Gasteiger partial charge on any atom is -0.489 e. The van der Waals surface area contributed by atoms with Crippen molar-refractivity contribution in [1.82, 2.24) is 9.80 Å². The van der Waals surface area contributed by atoms with Crippen LogP contribution in [0.4, 0.5) is 5.69 Å². The van der Waals surface area contributed by atoms with Gasteiger partial charge in [-0.25, -0.2) is 0 Å². The van der Waals surface area contributed by atoms with Crippen LogP contribution in [0.1, 0.15) is 23.7 Å². The summed E-state index contributed by atoms with van der Waals surface area (Å²) in [4.78, 5) is 30.8. The molecule has 28 heavy (non-hydrogen) atoms. The van der Waals surface area contributed by atoms with E-state index < -0.39 is 0 Å². The molecule has 1 saturated heterocycles. The fraction of sp³-hybridized carbons (Fsp3) is 0.524. The van der Waals surface area contributed by atoms with Crippen molar-refractivity contribution in [2.24, 2.45) is 0 Å². The zero-order chi connectivity index (χ0) is 20.3. The fourth-order valence-electron chi connectivity index (χ4n) is 3.54. The molecule has 2 aliphatic rings. The Morgan fingerprint density at radius 3 is 2.68 bits per heavy atom. The van der Waals surface area contributed by atoms with Gasteiger partial charge in [0.05, 0.1) is 31.4 Å². The van der Waals surface area contributed by atoms with Crippen LogP contribution >= 0.6 is 0 Å². The lowest BCUT2D eigenvalue weighted by Gasteiger charge is -2.36. The molecule has 2 heterocycles. The van der Waals surface area contributed by atoms with Crippen molar-refractivity contribution in [2.45, 2.75) is 19.4 Å². The van der Waals surface area contributed by atoms with Gasteiger partial charge in [0.15, 0.2) is 0 Å². The smallest absolute Gasteiger partial charge is 0.254 e. The van der Waals surface area contributed by atoms with E-state index >= 15 is 0 Å². The van der Waals surface area contributed by atoms with Crippen molar-refractivity contribution >= 4 is 17.5 Å². The third kappa shape index (κ3) is 4.47. The quantitative estimate of drug-likeness (QED) is 0.721. The van der Waals surface area contributed by atoms with Gasteiger partial charge < -0.3 is 24.2 Å². The Kier molecular flexibility index (Phi) is 6.24. The molecule has 1 unspecified atom stereocenters. The van der Waals surface area contributed by atoms with Crippen molar-refractivity contribution in [3.63, 3.8) is 0 Å². The maximum atomic E-state index is 12.8. The lowest BCUT2D eigenvalue weighted by molar-refractivity contribution is -0.130. The van der Waals surface area contributed by atoms with Gasteiger partial charge >= 0.3 is 0 Å². The molecule has 152 valence electrons. The van der Waals surface area contributed by atoms with Gasteiger partial charge in [0.25, 0.3) is 5.91 Å². The highest BCUT2D eigenvalue weighted by Crippen LogP contribution is 2.35. The van der Waals surface area contributed by atoms with Crippen molar-refractivity contribution in [2.75, 3.05) is 58.5 Å². The first kappa shape index (κ1) is 20.2. The van der Waals surface area contributed by atoms with Crippen molar-refractivity contribution in [1.29, 1.82) is 0 Å². The van der Waals surface area contributed by atoms with Gasteiger partial charge in [0.2, 0.25) is 5.91 Å². The van der Waals surface area contributed by atoms with E-state index in [0.29, 0.717) is 51.4 Å². The predicted molar refractivity (Wildman–Crippen MR) is 108 cm³/mol. The average Bonchev–Trinajstić information content (AvgIpc) is 2.69. The number of ether oxygens (including phenoxy) is 2. The number of morpholine rings is 1. The Bertz CT molecular complexity index is 758. The van der Waals surface area contributed by atoms with Crippen LogP contribution in [0.5, 0.6) is 5.75 Å². The normalized spacial score (nSPS) is 18.9. The minimum atomic E-state index is -0.0821. The van der Waals surface area contributed by atoms with Crippen LogP contribution in [-0.2, 0) is 9.53 Å². The second-order valence-corrected chi connectivity index (χ2v) is 7.57. The molecule has 0 aromatic heterocycles. The number of anilines is 1. The van der Waals surface area contributed by atoms with Gasteiger partial charge in [-0.05, 0) is 25.1 Å². The standard InChI is InChI=1S/C21H29N3O4/c1-15(2)13-22(3)20(25)12-17-14-28-19-6-5-16(11-18(19)23(17)4)21(26)24-7-9-27-10-8-24/h5-6,11,17H,1,7-10,12-14H2,2-4H3. The van der Waals surface area contributed by atoms with Crippen LogP contribution in [-0.4, -0.2) is 81.2 Å². The summed E-state index contributed by atoms with van der Waals surface area (Å²) in [6, 6.07) is 5.42. The highest BCUT2D eigenvalue weighted by Gasteiger charge is 2.29. The topological polar surface area (TPSA) is 62.3 Å². The molecule has 3 rings (SSSR count). The summed E-state index contributed by atoms with van der Waals surface area (Å²) >= 11 is 0. The molecule has 1 aromatic carbocycles. The summed E-state index contributed by atoms with van der Waals surface area (Å²) in [6.45, 7) is 9.10. The van der Waals surface area contributed by atoms with Gasteiger partial charge in [0, 0.05) is 39.3 Å². The Balaban J connectivity index is 1.72. The summed E-state index contributed by atoms with van der Waals surface area (Å²) in [6.07, 6.45) is 0.349.